The maximum Gasteiger partial charge on any atom is 0.334 e. The molecule has 1 fully saturated rings. The molecule has 1 unspecified atom stereocenters. The summed E-state index contributed by atoms with van der Waals surface area (Å²) in [5.41, 5.74) is 2.58. The van der Waals surface area contributed by atoms with Gasteiger partial charge < -0.3 is 31.5 Å². The van der Waals surface area contributed by atoms with Crippen molar-refractivity contribution in [2.75, 3.05) is 26.2 Å². The minimum Gasteiger partial charge on any atom is -0.368 e. The van der Waals surface area contributed by atoms with Gasteiger partial charge in [-0.2, -0.15) is 0 Å². The first-order valence-corrected chi connectivity index (χ1v) is 13.5. The van der Waals surface area contributed by atoms with Crippen LogP contribution in [0.1, 0.15) is 52.4 Å². The molecule has 1 saturated heterocycles. The van der Waals surface area contributed by atoms with Gasteiger partial charge in [0.05, 0.1) is 23.3 Å². The molecule has 0 aromatic heterocycles. The van der Waals surface area contributed by atoms with Crippen molar-refractivity contribution in [3.63, 3.8) is 0 Å². The second-order valence-electron chi connectivity index (χ2n) is 9.60. The van der Waals surface area contributed by atoms with Crippen LogP contribution in [-0.4, -0.2) is 66.4 Å². The van der Waals surface area contributed by atoms with Gasteiger partial charge >= 0.3 is 6.03 Å². The summed E-state index contributed by atoms with van der Waals surface area (Å²) in [4.78, 5) is 31.8. The maximum atomic E-state index is 13.0. The summed E-state index contributed by atoms with van der Waals surface area (Å²) >= 11 is 6.23. The number of nitrogens with zero attached hydrogens (tertiary/aromatic N) is 3. The molecule has 0 spiro atoms. The van der Waals surface area contributed by atoms with E-state index >= 15 is 0 Å². The van der Waals surface area contributed by atoms with Gasteiger partial charge in [-0.15, -0.1) is 0 Å². The molecule has 0 bridgehead atoms. The van der Waals surface area contributed by atoms with Crippen LogP contribution in [0.5, 0.6) is 0 Å². The average molecular weight is 532 g/mol. The highest BCUT2D eigenvalue weighted by Crippen LogP contribution is 2.28. The van der Waals surface area contributed by atoms with E-state index in [1.165, 1.54) is 5.01 Å². The summed E-state index contributed by atoms with van der Waals surface area (Å²) in [6.45, 7) is 6.12. The van der Waals surface area contributed by atoms with E-state index in [0.717, 1.165) is 54.8 Å². The largest absolute Gasteiger partial charge is 0.368 e. The molecule has 12 heteroatoms. The average Bonchev–Trinajstić information content (AvgIpc) is 3.31. The van der Waals surface area contributed by atoms with Crippen LogP contribution in [0.25, 0.3) is 0 Å². The Labute approximate surface area is 223 Å². The number of urea groups is 1. The molecule has 37 heavy (non-hydrogen) atoms. The van der Waals surface area contributed by atoms with Crippen LogP contribution in [0, 0.1) is 0 Å². The zero-order chi connectivity index (χ0) is 26.4. The number of carbonyl (C=O) groups is 2. The van der Waals surface area contributed by atoms with Crippen LogP contribution >= 0.6 is 11.6 Å². The zero-order valence-corrected chi connectivity index (χ0v) is 22.3. The number of amides is 3. The van der Waals surface area contributed by atoms with Crippen LogP contribution in [-0.2, 0) is 4.79 Å². The Kier molecular flexibility index (Phi) is 8.99. The van der Waals surface area contributed by atoms with Gasteiger partial charge in [0.25, 0.3) is 0 Å². The third kappa shape index (κ3) is 6.40. The molecule has 0 aromatic carbocycles. The minimum atomic E-state index is -0.177. The second kappa shape index (κ2) is 12.4. The first-order valence-electron chi connectivity index (χ1n) is 13.1. The highest BCUT2D eigenvalue weighted by atomic mass is 35.5. The van der Waals surface area contributed by atoms with Gasteiger partial charge in [-0.25, -0.2) is 10.6 Å². The summed E-state index contributed by atoms with van der Waals surface area (Å²) in [5.74, 6) is 7.45. The number of hydrogen-bond acceptors (Lipinski definition) is 8. The molecule has 4 rings (SSSR count). The van der Waals surface area contributed by atoms with Crippen molar-refractivity contribution in [2.45, 2.75) is 64.6 Å². The standard InChI is InChI=1S/C25H38ClN9O2/c1-3-7-21(36)32-20-15-31-23(19-14-30-22-18(19)11-16(26)12-28-22)33-24(20)29-13-17-8-5-6-10-34(17)25(37)35(27)9-4-2/h11-12,14,17,22,28-29,31,33H,3-10,13,15,27H2,1-2H3,(H,32,36)/t17-,22?/m1/s1. The third-order valence-corrected chi connectivity index (χ3v) is 6.98. The van der Waals surface area contributed by atoms with E-state index in [2.05, 4.69) is 31.6 Å². The number of nitrogens with one attached hydrogen (secondary N) is 5. The number of nitrogens with two attached hydrogens (primary N) is 1. The number of aliphatic imine (C=N–C) groups is 1. The van der Waals surface area contributed by atoms with Gasteiger partial charge in [0.2, 0.25) is 5.91 Å². The van der Waals surface area contributed by atoms with Crippen LogP contribution in [0.15, 0.2) is 50.8 Å². The number of halogens is 1. The smallest absolute Gasteiger partial charge is 0.334 e. The number of carbonyl (C=O) groups excluding carboxylic acids is 2. The number of rotatable bonds is 8. The number of allylic oxidation sites excluding steroid dienone is 2. The molecule has 7 N–H and O–H groups in total. The van der Waals surface area contributed by atoms with Crippen LogP contribution < -0.4 is 32.4 Å². The van der Waals surface area contributed by atoms with E-state index in [1.54, 1.807) is 6.20 Å². The van der Waals surface area contributed by atoms with Crippen molar-refractivity contribution in [2.24, 2.45) is 10.8 Å². The first kappa shape index (κ1) is 26.9. The van der Waals surface area contributed by atoms with Crippen molar-refractivity contribution >= 4 is 29.8 Å². The highest BCUT2D eigenvalue weighted by molar-refractivity contribution is 6.31. The predicted octanol–water partition coefficient (Wildman–Crippen LogP) is 1.65. The fraction of sp³-hybridized carbons (Fsp3) is 0.560. The Balaban J connectivity index is 1.54. The predicted molar refractivity (Wildman–Crippen MR) is 145 cm³/mol. The van der Waals surface area contributed by atoms with Gasteiger partial charge in [0.1, 0.15) is 17.8 Å². The van der Waals surface area contributed by atoms with Gasteiger partial charge in [-0.05, 0) is 38.2 Å². The number of likely N-dealkylation sites (tertiary alicyclic amines) is 1. The summed E-state index contributed by atoms with van der Waals surface area (Å²) < 4.78 is 0. The molecule has 0 saturated carbocycles. The number of piperidine rings is 1. The van der Waals surface area contributed by atoms with Crippen molar-refractivity contribution in [3.05, 3.63) is 45.8 Å². The summed E-state index contributed by atoms with van der Waals surface area (Å²) in [7, 11) is 0. The van der Waals surface area contributed by atoms with Crippen molar-refractivity contribution in [1.29, 1.82) is 0 Å². The van der Waals surface area contributed by atoms with Crippen LogP contribution in [0.3, 0.4) is 0 Å². The van der Waals surface area contributed by atoms with E-state index in [9.17, 15) is 9.59 Å². The fourth-order valence-electron chi connectivity index (χ4n) is 4.87. The van der Waals surface area contributed by atoms with Gasteiger partial charge in [-0.1, -0.05) is 25.4 Å². The Morgan fingerprint density at radius 3 is 2.92 bits per heavy atom. The van der Waals surface area contributed by atoms with Crippen molar-refractivity contribution in [1.82, 2.24) is 36.5 Å². The number of hydrogen-bond donors (Lipinski definition) is 6. The lowest BCUT2D eigenvalue weighted by atomic mass is 10.0. The lowest BCUT2D eigenvalue weighted by Gasteiger charge is -2.38. The monoisotopic (exact) mass is 531 g/mol. The molecule has 202 valence electrons. The molecule has 4 heterocycles. The van der Waals surface area contributed by atoms with E-state index in [0.29, 0.717) is 43.5 Å². The third-order valence-electron chi connectivity index (χ3n) is 6.76. The number of dihydropyridines is 1. The van der Waals surface area contributed by atoms with Crippen LogP contribution in [0.2, 0.25) is 0 Å². The molecule has 4 aliphatic heterocycles. The van der Waals surface area contributed by atoms with E-state index in [1.807, 2.05) is 31.0 Å². The zero-order valence-electron chi connectivity index (χ0n) is 21.6. The van der Waals surface area contributed by atoms with E-state index in [-0.39, 0.29) is 24.1 Å². The molecular formula is C25H38ClN9O2. The Hall–Kier alpha value is -3.18. The molecule has 11 nitrogen and oxygen atoms in total. The van der Waals surface area contributed by atoms with Crippen molar-refractivity contribution < 1.29 is 9.59 Å². The molecular weight excluding hydrogens is 494 g/mol. The molecule has 3 amide bonds. The maximum absolute atomic E-state index is 13.0. The highest BCUT2D eigenvalue weighted by Gasteiger charge is 2.31. The van der Waals surface area contributed by atoms with Crippen LogP contribution in [0.4, 0.5) is 4.79 Å². The summed E-state index contributed by atoms with van der Waals surface area (Å²) in [6.07, 6.45) is 10.2. The Morgan fingerprint density at radius 1 is 1.30 bits per heavy atom. The van der Waals surface area contributed by atoms with Crippen molar-refractivity contribution in [3.8, 4) is 0 Å². The fourth-order valence-corrected chi connectivity index (χ4v) is 5.05. The lowest BCUT2D eigenvalue weighted by molar-refractivity contribution is -0.120. The second-order valence-corrected chi connectivity index (χ2v) is 10.0. The molecule has 4 aliphatic rings. The molecule has 2 atom stereocenters. The number of fused-ring (bicyclic) bond motifs is 1. The SMILES string of the molecule is CCCC(=O)NC1=C(NC[C@H]2CCCCN2C(=O)N(N)CCC)NC(=C2C=NC3NC=C(Cl)C=C23)NC1. The number of hydrazine groups is 1. The normalized spacial score (nSPS) is 24.8. The molecule has 0 aromatic rings. The summed E-state index contributed by atoms with van der Waals surface area (Å²) in [6, 6.07) is -0.154. The van der Waals surface area contributed by atoms with Gasteiger partial charge in [-0.3, -0.25) is 14.8 Å². The Morgan fingerprint density at radius 2 is 2.14 bits per heavy atom. The van der Waals surface area contributed by atoms with E-state index < -0.39 is 0 Å². The topological polar surface area (TPSA) is 139 Å². The molecule has 0 aliphatic carbocycles. The molecule has 0 radical (unpaired) electrons. The van der Waals surface area contributed by atoms with E-state index in [4.69, 9.17) is 17.4 Å². The Bertz CT molecular complexity index is 1050. The minimum absolute atomic E-state index is 0.0105. The first-order chi connectivity index (χ1) is 17.9. The van der Waals surface area contributed by atoms with Gasteiger partial charge in [0.15, 0.2) is 0 Å². The summed E-state index contributed by atoms with van der Waals surface area (Å²) in [5, 5.41) is 18.4. The quantitative estimate of drug-likeness (QED) is 0.159. The van der Waals surface area contributed by atoms with Gasteiger partial charge in [0, 0.05) is 49.6 Å². The lowest BCUT2D eigenvalue weighted by Crippen LogP contribution is -2.56.